The molecule has 0 aliphatic heterocycles. The minimum Gasteiger partial charge on any atom is -0.385 e. The first kappa shape index (κ1) is 22.0. The summed E-state index contributed by atoms with van der Waals surface area (Å²) in [5.74, 6) is 1.36. The Morgan fingerprint density at radius 3 is 2.50 bits per heavy atom. The minimum absolute atomic E-state index is 0.0417. The zero-order valence-corrected chi connectivity index (χ0v) is 17.5. The number of benzene rings is 1. The van der Waals surface area contributed by atoms with Crippen molar-refractivity contribution in [2.45, 2.75) is 51.4 Å². The second-order valence-electron chi connectivity index (χ2n) is 8.12. The van der Waals surface area contributed by atoms with Gasteiger partial charge in [-0.15, -0.1) is 0 Å². The topological polar surface area (TPSA) is 99.7 Å². The SMILES string of the molecule is CC(O)c1nc2nc(C#N)nc(NCCC3CCC3)c2n1Cc1ccc(C(F)(F)F)cc1. The van der Waals surface area contributed by atoms with Crippen LogP contribution in [0, 0.1) is 17.2 Å². The zero-order chi connectivity index (χ0) is 22.9. The number of fused-ring (bicyclic) bond motifs is 1. The number of imidazole rings is 1. The average molecular weight is 444 g/mol. The van der Waals surface area contributed by atoms with E-state index in [1.54, 1.807) is 11.5 Å². The van der Waals surface area contributed by atoms with Gasteiger partial charge in [-0.2, -0.15) is 28.4 Å². The molecule has 10 heteroatoms. The van der Waals surface area contributed by atoms with E-state index < -0.39 is 17.8 Å². The van der Waals surface area contributed by atoms with Gasteiger partial charge in [-0.05, 0) is 37.0 Å². The van der Waals surface area contributed by atoms with Crippen LogP contribution < -0.4 is 5.32 Å². The van der Waals surface area contributed by atoms with Crippen LogP contribution in [0.1, 0.15) is 61.5 Å². The molecule has 0 amide bonds. The van der Waals surface area contributed by atoms with Crippen LogP contribution in [-0.4, -0.2) is 31.2 Å². The van der Waals surface area contributed by atoms with Crippen LogP contribution in [-0.2, 0) is 12.7 Å². The van der Waals surface area contributed by atoms with Crippen LogP contribution in [0.5, 0.6) is 0 Å². The van der Waals surface area contributed by atoms with E-state index in [2.05, 4.69) is 20.3 Å². The van der Waals surface area contributed by atoms with Crippen LogP contribution in [0.25, 0.3) is 11.2 Å². The molecule has 1 aliphatic carbocycles. The number of nitriles is 1. The molecular formula is C22H23F3N6O. The zero-order valence-electron chi connectivity index (χ0n) is 17.5. The molecule has 0 radical (unpaired) electrons. The Labute approximate surface area is 182 Å². The molecule has 1 aromatic carbocycles. The largest absolute Gasteiger partial charge is 0.416 e. The van der Waals surface area contributed by atoms with Gasteiger partial charge in [0.2, 0.25) is 5.82 Å². The monoisotopic (exact) mass is 444 g/mol. The van der Waals surface area contributed by atoms with E-state index in [1.807, 2.05) is 6.07 Å². The first-order valence-electron chi connectivity index (χ1n) is 10.5. The Morgan fingerprint density at radius 2 is 1.94 bits per heavy atom. The number of aliphatic hydroxyl groups is 1. The molecule has 2 heterocycles. The molecule has 2 N–H and O–H groups in total. The molecule has 0 spiro atoms. The number of alkyl halides is 3. The molecule has 1 unspecified atom stereocenters. The van der Waals surface area contributed by atoms with Crippen molar-refractivity contribution >= 4 is 17.0 Å². The van der Waals surface area contributed by atoms with Crippen LogP contribution in [0.4, 0.5) is 19.0 Å². The first-order valence-corrected chi connectivity index (χ1v) is 10.5. The van der Waals surface area contributed by atoms with Crippen molar-refractivity contribution in [2.24, 2.45) is 5.92 Å². The Kier molecular flexibility index (Phi) is 6.02. The predicted octanol–water partition coefficient (Wildman–Crippen LogP) is 4.42. The highest BCUT2D eigenvalue weighted by molar-refractivity contribution is 5.84. The fourth-order valence-corrected chi connectivity index (χ4v) is 3.86. The highest BCUT2D eigenvalue weighted by atomic mass is 19.4. The van der Waals surface area contributed by atoms with Gasteiger partial charge in [0.1, 0.15) is 23.5 Å². The van der Waals surface area contributed by atoms with Gasteiger partial charge in [0.25, 0.3) is 0 Å². The third-order valence-electron chi connectivity index (χ3n) is 5.80. The molecule has 2 aromatic heterocycles. The first-order chi connectivity index (χ1) is 15.3. The maximum Gasteiger partial charge on any atom is 0.416 e. The second-order valence-corrected chi connectivity index (χ2v) is 8.12. The highest BCUT2D eigenvalue weighted by Gasteiger charge is 2.30. The summed E-state index contributed by atoms with van der Waals surface area (Å²) in [6.45, 7) is 2.38. The molecule has 0 saturated heterocycles. The molecule has 0 bridgehead atoms. The van der Waals surface area contributed by atoms with Crippen molar-refractivity contribution < 1.29 is 18.3 Å². The molecule has 3 aromatic rings. The minimum atomic E-state index is -4.41. The van der Waals surface area contributed by atoms with Gasteiger partial charge in [-0.1, -0.05) is 31.4 Å². The second kappa shape index (κ2) is 8.74. The summed E-state index contributed by atoms with van der Waals surface area (Å²) in [6.07, 6.45) is -0.719. The number of nitrogens with zero attached hydrogens (tertiary/aromatic N) is 5. The maximum atomic E-state index is 12.9. The van der Waals surface area contributed by atoms with Crippen molar-refractivity contribution in [3.63, 3.8) is 0 Å². The summed E-state index contributed by atoms with van der Waals surface area (Å²) in [7, 11) is 0. The molecule has 1 fully saturated rings. The molecular weight excluding hydrogens is 421 g/mol. The molecule has 7 nitrogen and oxygen atoms in total. The van der Waals surface area contributed by atoms with E-state index >= 15 is 0 Å². The third-order valence-corrected chi connectivity index (χ3v) is 5.80. The van der Waals surface area contributed by atoms with Gasteiger partial charge in [0.15, 0.2) is 11.5 Å². The number of hydrogen-bond acceptors (Lipinski definition) is 6. The standard InChI is InChI=1S/C22H23F3N6O/c1-13(32)21-30-20-18(31(21)12-15-5-7-16(8-6-15)22(23,24)25)19(28-17(11-26)29-20)27-10-9-14-3-2-4-14/h5-8,13-14,32H,2-4,9-10,12H2,1H3,(H,27,28,29). The summed E-state index contributed by atoms with van der Waals surface area (Å²) >= 11 is 0. The van der Waals surface area contributed by atoms with E-state index in [9.17, 15) is 23.5 Å². The van der Waals surface area contributed by atoms with E-state index in [1.165, 1.54) is 31.4 Å². The predicted molar refractivity (Wildman–Crippen MR) is 112 cm³/mol. The molecule has 32 heavy (non-hydrogen) atoms. The fourth-order valence-electron chi connectivity index (χ4n) is 3.86. The van der Waals surface area contributed by atoms with Crippen LogP contribution >= 0.6 is 0 Å². The number of hydrogen-bond donors (Lipinski definition) is 2. The summed E-state index contributed by atoms with van der Waals surface area (Å²) in [4.78, 5) is 12.9. The van der Waals surface area contributed by atoms with Crippen molar-refractivity contribution in [1.82, 2.24) is 19.5 Å². The van der Waals surface area contributed by atoms with Crippen molar-refractivity contribution in [3.8, 4) is 6.07 Å². The molecule has 1 saturated carbocycles. The van der Waals surface area contributed by atoms with E-state index in [-0.39, 0.29) is 18.0 Å². The number of anilines is 1. The Morgan fingerprint density at radius 1 is 1.22 bits per heavy atom. The maximum absolute atomic E-state index is 12.9. The fraction of sp³-hybridized carbons (Fsp3) is 0.455. The van der Waals surface area contributed by atoms with Crippen molar-refractivity contribution in [1.29, 1.82) is 5.26 Å². The number of rotatable bonds is 7. The number of aliphatic hydroxyl groups excluding tert-OH is 1. The quantitative estimate of drug-likeness (QED) is 0.560. The lowest BCUT2D eigenvalue weighted by atomic mass is 9.83. The third kappa shape index (κ3) is 4.53. The lowest BCUT2D eigenvalue weighted by Gasteiger charge is -2.25. The smallest absolute Gasteiger partial charge is 0.385 e. The summed E-state index contributed by atoms with van der Waals surface area (Å²) in [5, 5.41) is 22.9. The average Bonchev–Trinajstić information content (AvgIpc) is 3.08. The van der Waals surface area contributed by atoms with E-state index in [0.29, 0.717) is 35.2 Å². The van der Waals surface area contributed by atoms with Crippen molar-refractivity contribution in [3.05, 3.63) is 47.0 Å². The van der Waals surface area contributed by atoms with E-state index in [4.69, 9.17) is 0 Å². The lowest BCUT2D eigenvalue weighted by Crippen LogP contribution is -2.17. The molecule has 4 rings (SSSR count). The number of aromatic nitrogens is 4. The van der Waals surface area contributed by atoms with Crippen LogP contribution in [0.3, 0.4) is 0 Å². The number of nitrogens with one attached hydrogen (secondary N) is 1. The van der Waals surface area contributed by atoms with Gasteiger partial charge >= 0.3 is 6.18 Å². The summed E-state index contributed by atoms with van der Waals surface area (Å²) < 4.78 is 40.4. The van der Waals surface area contributed by atoms with Gasteiger partial charge < -0.3 is 15.0 Å². The van der Waals surface area contributed by atoms with E-state index in [0.717, 1.165) is 18.6 Å². The van der Waals surface area contributed by atoms with Gasteiger partial charge in [0.05, 0.1) is 5.56 Å². The Balaban J connectivity index is 1.72. The summed E-state index contributed by atoms with van der Waals surface area (Å²) in [5.41, 5.74) is 0.635. The molecule has 1 aliphatic rings. The highest BCUT2D eigenvalue weighted by Crippen LogP contribution is 2.31. The lowest BCUT2D eigenvalue weighted by molar-refractivity contribution is -0.137. The van der Waals surface area contributed by atoms with Crippen LogP contribution in [0.15, 0.2) is 24.3 Å². The van der Waals surface area contributed by atoms with Gasteiger partial charge in [-0.25, -0.2) is 4.98 Å². The summed E-state index contributed by atoms with van der Waals surface area (Å²) in [6, 6.07) is 6.78. The molecule has 168 valence electrons. The Hall–Kier alpha value is -3.19. The van der Waals surface area contributed by atoms with Gasteiger partial charge in [-0.3, -0.25) is 0 Å². The Bertz CT molecular complexity index is 1140. The van der Waals surface area contributed by atoms with Crippen LogP contribution in [0.2, 0.25) is 0 Å². The number of halogens is 3. The molecule has 1 atom stereocenters. The van der Waals surface area contributed by atoms with Gasteiger partial charge in [0, 0.05) is 13.1 Å². The normalized spacial score (nSPS) is 15.4. The van der Waals surface area contributed by atoms with Crippen molar-refractivity contribution in [2.75, 3.05) is 11.9 Å².